The zero-order valence-corrected chi connectivity index (χ0v) is 13.1. The predicted molar refractivity (Wildman–Crippen MR) is 80.2 cm³/mol. The molecule has 0 aliphatic carbocycles. The number of hydrogen-bond acceptors (Lipinski definition) is 3. The number of carbonyl (C=O) groups is 2. The van der Waals surface area contributed by atoms with Crippen molar-refractivity contribution in [3.8, 4) is 0 Å². The fraction of sp³-hybridized carbons (Fsp3) is 0.286. The topological polar surface area (TPSA) is 60.9 Å². The van der Waals surface area contributed by atoms with Crippen LogP contribution in [0.25, 0.3) is 0 Å². The zero-order chi connectivity index (χ0) is 15.7. The van der Waals surface area contributed by atoms with Gasteiger partial charge in [-0.05, 0) is 23.8 Å². The lowest BCUT2D eigenvalue weighted by Crippen LogP contribution is -2.30. The maximum atomic E-state index is 12.3. The molecule has 0 fully saturated rings. The Morgan fingerprint density at radius 1 is 1.33 bits per heavy atom. The molecule has 0 saturated heterocycles. The normalized spacial score (nSPS) is 14.9. The molecule has 0 aromatic heterocycles. The highest BCUT2D eigenvalue weighted by Crippen LogP contribution is 2.22. The Labute approximate surface area is 132 Å². The van der Waals surface area contributed by atoms with Crippen LogP contribution in [0.1, 0.15) is 5.56 Å². The van der Waals surface area contributed by atoms with Gasteiger partial charge in [0.05, 0.1) is 12.1 Å². The fourth-order valence-corrected chi connectivity index (χ4v) is 2.71. The van der Waals surface area contributed by atoms with E-state index in [-0.39, 0.29) is 18.7 Å². The number of amides is 2. The van der Waals surface area contributed by atoms with E-state index < -0.39 is 17.6 Å². The molecule has 112 valence electrons. The van der Waals surface area contributed by atoms with Crippen LogP contribution in [0.4, 0.5) is 0 Å². The molecule has 0 bridgehead atoms. The van der Waals surface area contributed by atoms with Crippen molar-refractivity contribution in [1.82, 2.24) is 9.80 Å². The second kappa shape index (κ2) is 5.95. The van der Waals surface area contributed by atoms with Gasteiger partial charge in [0.25, 0.3) is 11.8 Å². The predicted octanol–water partition coefficient (Wildman–Crippen LogP) is 2.24. The first-order valence-corrected chi connectivity index (χ1v) is 6.93. The molecule has 0 unspecified atom stereocenters. The highest BCUT2D eigenvalue weighted by molar-refractivity contribution is 6.34. The van der Waals surface area contributed by atoms with Crippen molar-refractivity contribution in [1.29, 1.82) is 0 Å². The van der Waals surface area contributed by atoms with Crippen molar-refractivity contribution in [3.63, 3.8) is 0 Å². The summed E-state index contributed by atoms with van der Waals surface area (Å²) < 4.78 is 0. The average Bonchev–Trinajstić information content (AvgIpc) is 2.64. The van der Waals surface area contributed by atoms with Gasteiger partial charge in [0, 0.05) is 30.7 Å². The summed E-state index contributed by atoms with van der Waals surface area (Å²) in [7, 11) is 3.11. The third kappa shape index (κ3) is 3.31. The van der Waals surface area contributed by atoms with E-state index in [1.165, 1.54) is 16.8 Å². The fourth-order valence-electron chi connectivity index (χ4n) is 2.14. The summed E-state index contributed by atoms with van der Waals surface area (Å²) in [6.07, 6.45) is 0. The molecule has 0 atom stereocenters. The molecule has 5 nitrogen and oxygen atoms in total. The average molecular weight is 329 g/mol. The second-order valence-corrected chi connectivity index (χ2v) is 5.80. The molecule has 2 rings (SSSR count). The van der Waals surface area contributed by atoms with Crippen LogP contribution in [0.3, 0.4) is 0 Å². The number of aliphatic hydroxyl groups excluding tert-OH is 1. The Morgan fingerprint density at radius 3 is 2.38 bits per heavy atom. The van der Waals surface area contributed by atoms with Crippen LogP contribution in [0.5, 0.6) is 0 Å². The van der Waals surface area contributed by atoms with Gasteiger partial charge in [0.15, 0.2) is 5.76 Å². The largest absolute Gasteiger partial charge is 0.503 e. The zero-order valence-electron chi connectivity index (χ0n) is 11.6. The van der Waals surface area contributed by atoms with E-state index in [4.69, 9.17) is 23.2 Å². The number of rotatable bonds is 3. The maximum Gasteiger partial charge on any atom is 0.289 e. The number of aliphatic hydroxyl groups is 1. The van der Waals surface area contributed by atoms with Gasteiger partial charge in [-0.25, -0.2) is 0 Å². The number of halogens is 2. The summed E-state index contributed by atoms with van der Waals surface area (Å²) in [6, 6.07) is 5.02. The molecular formula is C14H14Cl2N2O3. The Kier molecular flexibility index (Phi) is 4.44. The first kappa shape index (κ1) is 15.7. The molecule has 1 aromatic rings. The molecule has 0 saturated carbocycles. The number of likely N-dealkylation sites (N-methyl/N-ethyl adjacent to an activating group) is 2. The summed E-state index contributed by atoms with van der Waals surface area (Å²) in [5.41, 5.74) is 0.860. The molecule has 1 heterocycles. The number of carbonyl (C=O) groups excluding carboxylic acids is 2. The van der Waals surface area contributed by atoms with E-state index in [1.54, 1.807) is 25.2 Å². The lowest BCUT2D eigenvalue weighted by atomic mass is 10.2. The molecule has 1 aliphatic rings. The summed E-state index contributed by atoms with van der Waals surface area (Å²) in [6.45, 7) is 0.373. The Hall–Kier alpha value is -1.72. The Balaban J connectivity index is 2.15. The maximum absolute atomic E-state index is 12.3. The molecule has 7 heteroatoms. The van der Waals surface area contributed by atoms with Crippen LogP contribution in [-0.2, 0) is 16.1 Å². The molecule has 1 aromatic carbocycles. The smallest absolute Gasteiger partial charge is 0.289 e. The quantitative estimate of drug-likeness (QED) is 0.925. The van der Waals surface area contributed by atoms with E-state index in [0.717, 1.165) is 5.56 Å². The molecular weight excluding hydrogens is 315 g/mol. The number of benzene rings is 1. The van der Waals surface area contributed by atoms with Crippen LogP contribution in [0.15, 0.2) is 29.5 Å². The SMILES string of the molecule is CN1CC(C(=O)N(C)Cc2cc(Cl)cc(Cl)c2)=C(O)C1=O. The summed E-state index contributed by atoms with van der Waals surface area (Å²) in [5, 5.41) is 10.7. The van der Waals surface area contributed by atoms with Crippen LogP contribution < -0.4 is 0 Å². The monoisotopic (exact) mass is 328 g/mol. The molecule has 0 spiro atoms. The van der Waals surface area contributed by atoms with Crippen molar-refractivity contribution < 1.29 is 14.7 Å². The van der Waals surface area contributed by atoms with Crippen molar-refractivity contribution in [2.24, 2.45) is 0 Å². The van der Waals surface area contributed by atoms with Gasteiger partial charge >= 0.3 is 0 Å². The Bertz CT molecular complexity index is 623. The standard InChI is InChI=1S/C14H14Cl2N2O3/c1-17(6-8-3-9(15)5-10(16)4-8)13(20)11-7-18(2)14(21)12(11)19/h3-5,19H,6-7H2,1-2H3. The van der Waals surface area contributed by atoms with Gasteiger partial charge in [-0.1, -0.05) is 23.2 Å². The van der Waals surface area contributed by atoms with Gasteiger partial charge in [-0.2, -0.15) is 0 Å². The van der Waals surface area contributed by atoms with Crippen LogP contribution in [0.2, 0.25) is 10.0 Å². The van der Waals surface area contributed by atoms with E-state index in [2.05, 4.69) is 0 Å². The third-order valence-electron chi connectivity index (χ3n) is 3.18. The lowest BCUT2D eigenvalue weighted by molar-refractivity contribution is -0.127. The first-order chi connectivity index (χ1) is 9.79. The first-order valence-electron chi connectivity index (χ1n) is 6.17. The molecule has 1 aliphatic heterocycles. The highest BCUT2D eigenvalue weighted by atomic mass is 35.5. The highest BCUT2D eigenvalue weighted by Gasteiger charge is 2.32. The Morgan fingerprint density at radius 2 is 1.90 bits per heavy atom. The minimum Gasteiger partial charge on any atom is -0.503 e. The van der Waals surface area contributed by atoms with Gasteiger partial charge < -0.3 is 14.9 Å². The van der Waals surface area contributed by atoms with E-state index in [0.29, 0.717) is 10.0 Å². The molecule has 0 radical (unpaired) electrons. The summed E-state index contributed by atoms with van der Waals surface area (Å²) in [5.74, 6) is -1.43. The molecule has 21 heavy (non-hydrogen) atoms. The summed E-state index contributed by atoms with van der Waals surface area (Å²) in [4.78, 5) is 26.5. The van der Waals surface area contributed by atoms with Crippen LogP contribution >= 0.6 is 23.2 Å². The summed E-state index contributed by atoms with van der Waals surface area (Å²) >= 11 is 11.8. The van der Waals surface area contributed by atoms with Crippen LogP contribution in [0, 0.1) is 0 Å². The lowest BCUT2D eigenvalue weighted by Gasteiger charge is -2.18. The minimum atomic E-state index is -0.544. The second-order valence-electron chi connectivity index (χ2n) is 4.93. The molecule has 1 N–H and O–H groups in total. The molecule has 2 amide bonds. The van der Waals surface area contributed by atoms with E-state index in [1.807, 2.05) is 0 Å². The van der Waals surface area contributed by atoms with Gasteiger partial charge in [-0.3, -0.25) is 9.59 Å². The third-order valence-corrected chi connectivity index (χ3v) is 3.61. The number of hydrogen-bond donors (Lipinski definition) is 1. The van der Waals surface area contributed by atoms with Gasteiger partial charge in [0.2, 0.25) is 0 Å². The van der Waals surface area contributed by atoms with Crippen molar-refractivity contribution >= 4 is 35.0 Å². The minimum absolute atomic E-state index is 0.0955. The van der Waals surface area contributed by atoms with E-state index in [9.17, 15) is 14.7 Å². The van der Waals surface area contributed by atoms with E-state index >= 15 is 0 Å². The van der Waals surface area contributed by atoms with Gasteiger partial charge in [0.1, 0.15) is 0 Å². The van der Waals surface area contributed by atoms with Crippen LogP contribution in [-0.4, -0.2) is 47.4 Å². The van der Waals surface area contributed by atoms with Crippen molar-refractivity contribution in [2.45, 2.75) is 6.54 Å². The van der Waals surface area contributed by atoms with Gasteiger partial charge in [-0.15, -0.1) is 0 Å². The number of nitrogens with zero attached hydrogens (tertiary/aromatic N) is 2. The van der Waals surface area contributed by atoms with Crippen molar-refractivity contribution in [3.05, 3.63) is 45.1 Å². The van der Waals surface area contributed by atoms with Crippen molar-refractivity contribution in [2.75, 3.05) is 20.6 Å².